The van der Waals surface area contributed by atoms with Crippen LogP contribution >= 0.6 is 0 Å². The van der Waals surface area contributed by atoms with Crippen molar-refractivity contribution in [3.05, 3.63) is 35.5 Å². The summed E-state index contributed by atoms with van der Waals surface area (Å²) in [6, 6.07) is 0. The molecule has 0 heterocycles. The molecule has 3 nitrogen and oxygen atoms in total. The van der Waals surface area contributed by atoms with Gasteiger partial charge in [0.2, 0.25) is 0 Å². The summed E-state index contributed by atoms with van der Waals surface area (Å²) in [7, 11) is 1.80. The van der Waals surface area contributed by atoms with Crippen LogP contribution in [0.15, 0.2) is 35.5 Å². The van der Waals surface area contributed by atoms with Crippen LogP contribution in [0.3, 0.4) is 0 Å². The minimum atomic E-state index is -0.353. The summed E-state index contributed by atoms with van der Waals surface area (Å²) < 4.78 is 5.90. The van der Waals surface area contributed by atoms with Crippen LogP contribution in [-0.4, -0.2) is 35.6 Å². The summed E-state index contributed by atoms with van der Waals surface area (Å²) in [6.45, 7) is 4.55. The van der Waals surface area contributed by atoms with Crippen LogP contribution in [0, 0.1) is 22.7 Å². The van der Waals surface area contributed by atoms with Gasteiger partial charge in [-0.3, -0.25) is 0 Å². The fourth-order valence-corrected chi connectivity index (χ4v) is 5.66. The third-order valence-corrected chi connectivity index (χ3v) is 7.29. The molecule has 0 saturated carbocycles. The number of fused-ring (bicyclic) bond motifs is 4. The molecule has 3 heteroatoms. The summed E-state index contributed by atoms with van der Waals surface area (Å²) in [5.74, 6) is 0.718. The average molecular weight is 316 g/mol. The van der Waals surface area contributed by atoms with E-state index < -0.39 is 0 Å². The Morgan fingerprint density at radius 3 is 2.65 bits per heavy atom. The van der Waals surface area contributed by atoms with Gasteiger partial charge in [-0.1, -0.05) is 43.7 Å². The minimum absolute atomic E-state index is 0.0340. The Morgan fingerprint density at radius 1 is 1.13 bits per heavy atom. The maximum absolute atomic E-state index is 10.5. The van der Waals surface area contributed by atoms with Gasteiger partial charge in [-0.15, -0.1) is 0 Å². The molecule has 0 aromatic heterocycles. The van der Waals surface area contributed by atoms with Crippen molar-refractivity contribution in [1.82, 2.24) is 0 Å². The first-order valence-corrected chi connectivity index (χ1v) is 8.90. The topological polar surface area (TPSA) is 49.7 Å². The van der Waals surface area contributed by atoms with Crippen molar-refractivity contribution < 1.29 is 14.9 Å². The number of methoxy groups -OCH3 is 1. The highest BCUT2D eigenvalue weighted by Crippen LogP contribution is 2.61. The largest absolute Gasteiger partial charge is 0.389 e. The molecule has 0 radical (unpaired) electrons. The smallest absolute Gasteiger partial charge is 0.0793 e. The fraction of sp³-hybridized carbons (Fsp3) is 0.700. The van der Waals surface area contributed by atoms with Crippen molar-refractivity contribution in [2.45, 2.75) is 57.8 Å². The van der Waals surface area contributed by atoms with E-state index in [0.717, 1.165) is 25.7 Å². The molecule has 0 aromatic rings. The molecule has 0 saturated heterocycles. The molecule has 4 aliphatic carbocycles. The van der Waals surface area contributed by atoms with Gasteiger partial charge in [0, 0.05) is 23.9 Å². The molecule has 0 aromatic carbocycles. The molecule has 0 fully saturated rings. The van der Waals surface area contributed by atoms with E-state index in [-0.39, 0.29) is 35.1 Å². The Kier molecular flexibility index (Phi) is 3.43. The highest BCUT2D eigenvalue weighted by atomic mass is 16.5. The van der Waals surface area contributed by atoms with E-state index in [1.165, 1.54) is 11.1 Å². The molecule has 4 rings (SSSR count). The number of aliphatic hydroxyl groups excluding tert-OH is 2. The minimum Gasteiger partial charge on any atom is -0.389 e. The van der Waals surface area contributed by atoms with Crippen molar-refractivity contribution in [1.29, 1.82) is 0 Å². The van der Waals surface area contributed by atoms with Crippen LogP contribution in [0.1, 0.15) is 39.5 Å². The van der Waals surface area contributed by atoms with Gasteiger partial charge in [-0.25, -0.2) is 0 Å². The zero-order valence-electron chi connectivity index (χ0n) is 14.3. The molecule has 4 unspecified atom stereocenters. The standard InChI is InChI=1S/C20H28O3/c1-19-8-6-13(21)10-12(19)11-16(23-3)18-14-4-5-17(22)20(14,2)9-7-15(18)19/h4-6,8,12-14,16-17,21-22H,7,9-11H2,1-3H3/t12?,13?,14-,16?,17?,19-,20-/m0/s1. The summed E-state index contributed by atoms with van der Waals surface area (Å²) >= 11 is 0. The summed E-state index contributed by atoms with van der Waals surface area (Å²) in [6.07, 6.45) is 11.6. The van der Waals surface area contributed by atoms with Crippen molar-refractivity contribution in [2.75, 3.05) is 7.11 Å². The number of ether oxygens (including phenoxy) is 1. The Hall–Kier alpha value is -0.900. The monoisotopic (exact) mass is 316 g/mol. The zero-order chi connectivity index (χ0) is 16.4. The molecule has 0 amide bonds. The normalized spacial score (nSPS) is 51.4. The second-order valence-electron chi connectivity index (χ2n) is 8.35. The maximum Gasteiger partial charge on any atom is 0.0793 e. The van der Waals surface area contributed by atoms with E-state index >= 15 is 0 Å². The molecule has 4 aliphatic rings. The van der Waals surface area contributed by atoms with Crippen LogP contribution in [0.5, 0.6) is 0 Å². The van der Waals surface area contributed by atoms with Crippen LogP contribution < -0.4 is 0 Å². The van der Waals surface area contributed by atoms with Gasteiger partial charge >= 0.3 is 0 Å². The number of rotatable bonds is 1. The Labute approximate surface area is 138 Å². The molecule has 23 heavy (non-hydrogen) atoms. The van der Waals surface area contributed by atoms with Gasteiger partial charge in [0.15, 0.2) is 0 Å². The second-order valence-corrected chi connectivity index (χ2v) is 8.35. The Bertz CT molecular complexity index is 604. The maximum atomic E-state index is 10.5. The molecule has 0 bridgehead atoms. The lowest BCUT2D eigenvalue weighted by molar-refractivity contribution is 0.00354. The lowest BCUT2D eigenvalue weighted by Crippen LogP contribution is -2.48. The quantitative estimate of drug-likeness (QED) is 0.731. The van der Waals surface area contributed by atoms with E-state index in [4.69, 9.17) is 4.74 Å². The predicted molar refractivity (Wildman–Crippen MR) is 89.8 cm³/mol. The van der Waals surface area contributed by atoms with E-state index in [2.05, 4.69) is 26.0 Å². The number of aliphatic hydroxyl groups is 2. The highest BCUT2D eigenvalue weighted by Gasteiger charge is 2.55. The van der Waals surface area contributed by atoms with Gasteiger partial charge in [0.25, 0.3) is 0 Å². The first-order chi connectivity index (χ1) is 10.9. The lowest BCUT2D eigenvalue weighted by Gasteiger charge is -2.54. The van der Waals surface area contributed by atoms with Gasteiger partial charge in [-0.2, -0.15) is 0 Å². The zero-order valence-corrected chi connectivity index (χ0v) is 14.3. The molecular formula is C20H28O3. The van der Waals surface area contributed by atoms with Crippen LogP contribution in [0.2, 0.25) is 0 Å². The van der Waals surface area contributed by atoms with E-state index in [1.54, 1.807) is 7.11 Å². The molecular weight excluding hydrogens is 288 g/mol. The van der Waals surface area contributed by atoms with Crippen LogP contribution in [-0.2, 0) is 4.74 Å². The van der Waals surface area contributed by atoms with Gasteiger partial charge < -0.3 is 14.9 Å². The lowest BCUT2D eigenvalue weighted by atomic mass is 9.52. The average Bonchev–Trinajstić information content (AvgIpc) is 2.83. The van der Waals surface area contributed by atoms with Crippen molar-refractivity contribution in [3.63, 3.8) is 0 Å². The predicted octanol–water partition coefficient (Wildman–Crippen LogP) is 2.99. The summed E-state index contributed by atoms with van der Waals surface area (Å²) in [5.41, 5.74) is 2.86. The number of allylic oxidation sites excluding steroid dienone is 3. The van der Waals surface area contributed by atoms with Crippen molar-refractivity contribution in [2.24, 2.45) is 22.7 Å². The first-order valence-electron chi connectivity index (χ1n) is 8.90. The van der Waals surface area contributed by atoms with E-state index in [0.29, 0.717) is 5.92 Å². The number of hydrogen-bond acceptors (Lipinski definition) is 3. The van der Waals surface area contributed by atoms with E-state index in [1.807, 2.05) is 12.2 Å². The summed E-state index contributed by atoms with van der Waals surface area (Å²) in [4.78, 5) is 0. The number of hydrogen-bond donors (Lipinski definition) is 2. The van der Waals surface area contributed by atoms with Crippen LogP contribution in [0.4, 0.5) is 0 Å². The first kappa shape index (κ1) is 15.6. The van der Waals surface area contributed by atoms with Gasteiger partial charge in [-0.05, 0) is 37.2 Å². The fourth-order valence-electron chi connectivity index (χ4n) is 5.66. The summed E-state index contributed by atoms with van der Waals surface area (Å²) in [5, 5.41) is 20.5. The van der Waals surface area contributed by atoms with Crippen molar-refractivity contribution in [3.8, 4) is 0 Å². The second kappa shape index (κ2) is 5.05. The third-order valence-electron chi connectivity index (χ3n) is 7.29. The molecule has 126 valence electrons. The molecule has 0 aliphatic heterocycles. The SMILES string of the molecule is COC1CC2CC(O)C=C[C@]2(C)C2=C1[C@@H]1C=CC(O)[C@@]1(C)CC2. The van der Waals surface area contributed by atoms with E-state index in [9.17, 15) is 10.2 Å². The van der Waals surface area contributed by atoms with Crippen LogP contribution in [0.25, 0.3) is 0 Å². The molecule has 0 spiro atoms. The van der Waals surface area contributed by atoms with Gasteiger partial charge in [0.05, 0.1) is 18.3 Å². The Balaban J connectivity index is 1.85. The third kappa shape index (κ3) is 2.00. The Morgan fingerprint density at radius 2 is 1.91 bits per heavy atom. The molecule has 2 N–H and O–H groups in total. The van der Waals surface area contributed by atoms with Gasteiger partial charge in [0.1, 0.15) is 0 Å². The van der Waals surface area contributed by atoms with Crippen molar-refractivity contribution >= 4 is 0 Å². The highest BCUT2D eigenvalue weighted by molar-refractivity contribution is 5.43. The molecule has 7 atom stereocenters.